The first kappa shape index (κ1) is 11.0. The molecule has 0 amide bonds. The second-order valence-corrected chi connectivity index (χ2v) is 4.52. The molecule has 0 spiro atoms. The number of nitriles is 1. The normalized spacial score (nSPS) is 18.7. The van der Waals surface area contributed by atoms with Crippen LogP contribution in [-0.2, 0) is 0 Å². The molecule has 1 aliphatic rings. The number of aromatic nitrogens is 2. The number of H-pyrrole nitrogens is 1. The number of rotatable bonds is 2. The van der Waals surface area contributed by atoms with E-state index in [0.717, 1.165) is 30.0 Å². The Balaban J connectivity index is 1.90. The van der Waals surface area contributed by atoms with Crippen LogP contribution in [0.5, 0.6) is 0 Å². The first-order chi connectivity index (χ1) is 8.86. The molecule has 1 aromatic heterocycles. The summed E-state index contributed by atoms with van der Waals surface area (Å²) < 4.78 is 0. The molecule has 1 fully saturated rings. The van der Waals surface area contributed by atoms with Gasteiger partial charge in [-0.05, 0) is 31.5 Å². The second kappa shape index (κ2) is 4.63. The Morgan fingerprint density at radius 2 is 2.33 bits per heavy atom. The van der Waals surface area contributed by atoms with Gasteiger partial charge >= 0.3 is 0 Å². The Morgan fingerprint density at radius 1 is 1.39 bits per heavy atom. The third-order valence-corrected chi connectivity index (χ3v) is 3.29. The van der Waals surface area contributed by atoms with Crippen molar-refractivity contribution in [1.29, 1.82) is 5.26 Å². The maximum atomic E-state index is 8.90. The second-order valence-electron chi connectivity index (χ2n) is 4.52. The highest BCUT2D eigenvalue weighted by molar-refractivity contribution is 5.60. The Bertz CT molecular complexity index is 588. The van der Waals surface area contributed by atoms with E-state index in [1.807, 2.05) is 24.4 Å². The van der Waals surface area contributed by atoms with E-state index in [1.165, 1.54) is 6.42 Å². The van der Waals surface area contributed by atoms with Crippen LogP contribution in [0.3, 0.4) is 0 Å². The molecular weight excluding hydrogens is 224 g/mol. The minimum absolute atomic E-state index is 0.345. The molecule has 4 heteroatoms. The zero-order valence-corrected chi connectivity index (χ0v) is 9.98. The van der Waals surface area contributed by atoms with Gasteiger partial charge in [-0.1, -0.05) is 12.1 Å². The van der Waals surface area contributed by atoms with E-state index in [1.54, 1.807) is 6.07 Å². The molecule has 4 nitrogen and oxygen atoms in total. The van der Waals surface area contributed by atoms with Crippen LogP contribution in [0.15, 0.2) is 30.5 Å². The predicted molar refractivity (Wildman–Crippen MR) is 68.7 cm³/mol. The smallest absolute Gasteiger partial charge is 0.123 e. The summed E-state index contributed by atoms with van der Waals surface area (Å²) in [5.41, 5.74) is 2.64. The lowest BCUT2D eigenvalue weighted by molar-refractivity contribution is 0.613. The third kappa shape index (κ3) is 2.01. The first-order valence-electron chi connectivity index (χ1n) is 6.15. The molecule has 90 valence electrons. The number of hydrogen-bond donors (Lipinski definition) is 2. The van der Waals surface area contributed by atoms with E-state index >= 15 is 0 Å². The maximum Gasteiger partial charge on any atom is 0.123 e. The van der Waals surface area contributed by atoms with E-state index in [0.29, 0.717) is 11.6 Å². The summed E-state index contributed by atoms with van der Waals surface area (Å²) in [4.78, 5) is 7.77. The van der Waals surface area contributed by atoms with Crippen molar-refractivity contribution >= 4 is 0 Å². The van der Waals surface area contributed by atoms with Crippen molar-refractivity contribution in [2.75, 3.05) is 6.54 Å². The minimum Gasteiger partial charge on any atom is -0.341 e. The van der Waals surface area contributed by atoms with Gasteiger partial charge in [0.1, 0.15) is 5.82 Å². The average Bonchev–Trinajstić information content (AvgIpc) is 3.09. The van der Waals surface area contributed by atoms with Crippen molar-refractivity contribution in [2.24, 2.45) is 0 Å². The number of benzene rings is 1. The molecule has 0 aliphatic carbocycles. The van der Waals surface area contributed by atoms with Gasteiger partial charge in [0.05, 0.1) is 29.6 Å². The number of nitrogens with one attached hydrogen (secondary N) is 2. The molecular formula is C14H14N4. The molecule has 3 rings (SSSR count). The fourth-order valence-electron chi connectivity index (χ4n) is 2.33. The van der Waals surface area contributed by atoms with E-state index in [4.69, 9.17) is 5.26 Å². The van der Waals surface area contributed by atoms with Crippen molar-refractivity contribution < 1.29 is 0 Å². The van der Waals surface area contributed by atoms with Crippen LogP contribution >= 0.6 is 0 Å². The summed E-state index contributed by atoms with van der Waals surface area (Å²) in [7, 11) is 0. The summed E-state index contributed by atoms with van der Waals surface area (Å²) in [6, 6.07) is 10.1. The van der Waals surface area contributed by atoms with Gasteiger partial charge in [-0.2, -0.15) is 5.26 Å². The fourth-order valence-corrected chi connectivity index (χ4v) is 2.33. The number of hydrogen-bond acceptors (Lipinski definition) is 3. The molecule has 2 heterocycles. The molecule has 2 aromatic rings. The zero-order chi connectivity index (χ0) is 12.4. The zero-order valence-electron chi connectivity index (χ0n) is 9.98. The topological polar surface area (TPSA) is 64.5 Å². The lowest BCUT2D eigenvalue weighted by atomic mass is 10.1. The van der Waals surface area contributed by atoms with Crippen molar-refractivity contribution in [3.8, 4) is 17.3 Å². The van der Waals surface area contributed by atoms with Gasteiger partial charge in [0.15, 0.2) is 0 Å². The van der Waals surface area contributed by atoms with Gasteiger partial charge in [0.2, 0.25) is 0 Å². The Kier molecular flexibility index (Phi) is 2.83. The van der Waals surface area contributed by atoms with E-state index in [9.17, 15) is 0 Å². The molecule has 1 saturated heterocycles. The number of aromatic amines is 1. The SMILES string of the molecule is N#Cc1cccc(-c2cnc(C3CCCN3)[nH]2)c1. The predicted octanol–water partition coefficient (Wildman–Crippen LogP) is 2.37. The minimum atomic E-state index is 0.345. The maximum absolute atomic E-state index is 8.90. The molecule has 18 heavy (non-hydrogen) atoms. The van der Waals surface area contributed by atoms with Crippen LogP contribution in [0.1, 0.15) is 30.3 Å². The Labute approximate surface area is 106 Å². The molecule has 0 radical (unpaired) electrons. The lowest BCUT2D eigenvalue weighted by Gasteiger charge is -2.05. The highest BCUT2D eigenvalue weighted by atomic mass is 15.0. The van der Waals surface area contributed by atoms with Crippen molar-refractivity contribution in [1.82, 2.24) is 15.3 Å². The van der Waals surface area contributed by atoms with Crippen LogP contribution in [0, 0.1) is 11.3 Å². The van der Waals surface area contributed by atoms with Gasteiger partial charge in [0.25, 0.3) is 0 Å². The molecule has 0 bridgehead atoms. The number of nitrogens with zero attached hydrogens (tertiary/aromatic N) is 2. The third-order valence-electron chi connectivity index (χ3n) is 3.29. The molecule has 1 aromatic carbocycles. The molecule has 1 aliphatic heterocycles. The van der Waals surface area contributed by atoms with Gasteiger partial charge in [-0.25, -0.2) is 4.98 Å². The van der Waals surface area contributed by atoms with Gasteiger partial charge < -0.3 is 10.3 Å². The molecule has 1 unspecified atom stereocenters. The quantitative estimate of drug-likeness (QED) is 0.844. The highest BCUT2D eigenvalue weighted by Crippen LogP contribution is 2.24. The van der Waals surface area contributed by atoms with Gasteiger partial charge in [-0.3, -0.25) is 0 Å². The van der Waals surface area contributed by atoms with Crippen LogP contribution in [0.2, 0.25) is 0 Å². The highest BCUT2D eigenvalue weighted by Gasteiger charge is 2.19. The van der Waals surface area contributed by atoms with E-state index in [-0.39, 0.29) is 0 Å². The Hall–Kier alpha value is -2.12. The van der Waals surface area contributed by atoms with Crippen molar-refractivity contribution in [3.63, 3.8) is 0 Å². The summed E-state index contributed by atoms with van der Waals surface area (Å²) in [5, 5.41) is 12.3. The van der Waals surface area contributed by atoms with Crippen molar-refractivity contribution in [3.05, 3.63) is 41.9 Å². The molecule has 1 atom stereocenters. The summed E-state index contributed by atoms with van der Waals surface area (Å²) >= 11 is 0. The Morgan fingerprint density at radius 3 is 3.11 bits per heavy atom. The summed E-state index contributed by atoms with van der Waals surface area (Å²) in [6.45, 7) is 1.06. The first-order valence-corrected chi connectivity index (χ1v) is 6.15. The monoisotopic (exact) mass is 238 g/mol. The van der Waals surface area contributed by atoms with E-state index in [2.05, 4.69) is 21.4 Å². The van der Waals surface area contributed by atoms with Crippen LogP contribution in [0.4, 0.5) is 0 Å². The largest absolute Gasteiger partial charge is 0.341 e. The van der Waals surface area contributed by atoms with Gasteiger partial charge in [0, 0.05) is 5.56 Å². The molecule has 2 N–H and O–H groups in total. The fraction of sp³-hybridized carbons (Fsp3) is 0.286. The molecule has 0 saturated carbocycles. The van der Waals surface area contributed by atoms with Crippen LogP contribution < -0.4 is 5.32 Å². The van der Waals surface area contributed by atoms with Crippen LogP contribution in [0.25, 0.3) is 11.3 Å². The summed E-state index contributed by atoms with van der Waals surface area (Å²) in [6.07, 6.45) is 4.17. The van der Waals surface area contributed by atoms with Gasteiger partial charge in [-0.15, -0.1) is 0 Å². The van der Waals surface area contributed by atoms with Crippen LogP contribution in [-0.4, -0.2) is 16.5 Å². The average molecular weight is 238 g/mol. The number of imidazole rings is 1. The summed E-state index contributed by atoms with van der Waals surface area (Å²) in [5.74, 6) is 0.991. The lowest BCUT2D eigenvalue weighted by Crippen LogP contribution is -2.14. The van der Waals surface area contributed by atoms with E-state index < -0.39 is 0 Å². The van der Waals surface area contributed by atoms with Crippen molar-refractivity contribution in [2.45, 2.75) is 18.9 Å². The standard InChI is InChI=1S/C14H14N4/c15-8-10-3-1-4-11(7-10)13-9-17-14(18-13)12-5-2-6-16-12/h1,3-4,7,9,12,16H,2,5-6H2,(H,17,18).